The van der Waals surface area contributed by atoms with E-state index in [9.17, 15) is 0 Å². The summed E-state index contributed by atoms with van der Waals surface area (Å²) in [6.45, 7) is 5.22. The van der Waals surface area contributed by atoms with Crippen LogP contribution in [0.15, 0.2) is 28.8 Å². The summed E-state index contributed by atoms with van der Waals surface area (Å²) in [6, 6.07) is 7.89. The lowest BCUT2D eigenvalue weighted by molar-refractivity contribution is 0.119. The van der Waals surface area contributed by atoms with Gasteiger partial charge in [0.15, 0.2) is 5.82 Å². The topological polar surface area (TPSA) is 74.2 Å². The zero-order valence-electron chi connectivity index (χ0n) is 12.0. The number of ether oxygens (including phenoxy) is 1. The molecule has 20 heavy (non-hydrogen) atoms. The van der Waals surface area contributed by atoms with Crippen LogP contribution < -0.4 is 5.73 Å². The van der Waals surface area contributed by atoms with E-state index in [4.69, 9.17) is 15.0 Å². The molecule has 0 radical (unpaired) electrons. The van der Waals surface area contributed by atoms with Crippen LogP contribution in [0, 0.1) is 6.92 Å². The second-order valence-electron chi connectivity index (χ2n) is 4.89. The summed E-state index contributed by atoms with van der Waals surface area (Å²) in [5.41, 5.74) is 8.32. The second-order valence-corrected chi connectivity index (χ2v) is 4.89. The van der Waals surface area contributed by atoms with Gasteiger partial charge in [0, 0.05) is 6.61 Å². The molecule has 0 saturated carbocycles. The van der Waals surface area contributed by atoms with Crippen molar-refractivity contribution < 1.29 is 9.26 Å². The van der Waals surface area contributed by atoms with Crippen molar-refractivity contribution in [3.8, 4) is 0 Å². The predicted molar refractivity (Wildman–Crippen MR) is 76.3 cm³/mol. The molecule has 0 aliphatic carbocycles. The quantitative estimate of drug-likeness (QED) is 0.785. The number of nitrogens with two attached hydrogens (primary N) is 1. The molecule has 0 aliphatic heterocycles. The maximum absolute atomic E-state index is 5.96. The van der Waals surface area contributed by atoms with Crippen molar-refractivity contribution in [3.05, 3.63) is 47.1 Å². The van der Waals surface area contributed by atoms with Crippen molar-refractivity contribution in [1.29, 1.82) is 0 Å². The third-order valence-corrected chi connectivity index (χ3v) is 2.90. The van der Waals surface area contributed by atoms with Gasteiger partial charge in [0.2, 0.25) is 5.89 Å². The van der Waals surface area contributed by atoms with Crippen LogP contribution in [0.5, 0.6) is 0 Å². The molecule has 0 spiro atoms. The maximum atomic E-state index is 5.96. The standard InChI is InChI=1S/C15H21N3O2/c1-3-7-19-10-13(16)15-17-14(20-18-15)9-12-6-4-5-11(2)8-12/h4-6,8,13H,3,7,9-10,16H2,1-2H3. The Morgan fingerprint density at radius 3 is 3.00 bits per heavy atom. The molecule has 5 nitrogen and oxygen atoms in total. The molecule has 0 amide bonds. The predicted octanol–water partition coefficient (Wildman–Crippen LogP) is 2.40. The highest BCUT2D eigenvalue weighted by molar-refractivity contribution is 5.24. The van der Waals surface area contributed by atoms with Gasteiger partial charge in [-0.05, 0) is 18.9 Å². The van der Waals surface area contributed by atoms with E-state index in [1.54, 1.807) is 0 Å². The summed E-state index contributed by atoms with van der Waals surface area (Å²) in [7, 11) is 0. The van der Waals surface area contributed by atoms with Gasteiger partial charge in [0.1, 0.15) is 0 Å². The minimum absolute atomic E-state index is 0.337. The number of benzene rings is 1. The average molecular weight is 275 g/mol. The van der Waals surface area contributed by atoms with Crippen LogP contribution in [0.2, 0.25) is 0 Å². The Morgan fingerprint density at radius 1 is 1.40 bits per heavy atom. The van der Waals surface area contributed by atoms with Gasteiger partial charge < -0.3 is 15.0 Å². The molecule has 1 unspecified atom stereocenters. The normalized spacial score (nSPS) is 12.6. The molecule has 1 aromatic carbocycles. The second kappa shape index (κ2) is 7.17. The number of hydrogen-bond donors (Lipinski definition) is 1. The minimum atomic E-state index is -0.337. The van der Waals surface area contributed by atoms with E-state index >= 15 is 0 Å². The number of aromatic nitrogens is 2. The summed E-state index contributed by atoms with van der Waals surface area (Å²) < 4.78 is 10.6. The van der Waals surface area contributed by atoms with Gasteiger partial charge in [0.25, 0.3) is 0 Å². The molecule has 0 bridgehead atoms. The summed E-state index contributed by atoms with van der Waals surface area (Å²) in [5, 5.41) is 3.92. The highest BCUT2D eigenvalue weighted by Crippen LogP contribution is 2.12. The highest BCUT2D eigenvalue weighted by atomic mass is 16.5. The molecule has 108 valence electrons. The van der Waals surface area contributed by atoms with Gasteiger partial charge in [-0.1, -0.05) is 41.9 Å². The van der Waals surface area contributed by atoms with E-state index in [-0.39, 0.29) is 6.04 Å². The Labute approximate surface area is 119 Å². The lowest BCUT2D eigenvalue weighted by Gasteiger charge is -2.06. The third kappa shape index (κ3) is 4.15. The fourth-order valence-corrected chi connectivity index (χ4v) is 1.92. The number of nitrogens with zero attached hydrogens (tertiary/aromatic N) is 2. The average Bonchev–Trinajstić information content (AvgIpc) is 2.87. The lowest BCUT2D eigenvalue weighted by Crippen LogP contribution is -2.18. The summed E-state index contributed by atoms with van der Waals surface area (Å²) in [5.74, 6) is 1.08. The molecular formula is C15H21N3O2. The zero-order chi connectivity index (χ0) is 14.4. The summed E-state index contributed by atoms with van der Waals surface area (Å²) in [6.07, 6.45) is 1.59. The van der Waals surface area contributed by atoms with Gasteiger partial charge in [0.05, 0.1) is 19.1 Å². The van der Waals surface area contributed by atoms with Crippen molar-refractivity contribution in [2.24, 2.45) is 5.73 Å². The van der Waals surface area contributed by atoms with Gasteiger partial charge in [-0.3, -0.25) is 0 Å². The molecule has 0 saturated heterocycles. The lowest BCUT2D eigenvalue weighted by atomic mass is 10.1. The Balaban J connectivity index is 1.94. The van der Waals surface area contributed by atoms with E-state index in [0.717, 1.165) is 12.0 Å². The molecule has 1 heterocycles. The first-order chi connectivity index (χ1) is 9.69. The molecular weight excluding hydrogens is 254 g/mol. The molecule has 5 heteroatoms. The van der Waals surface area contributed by atoms with Crippen molar-refractivity contribution in [3.63, 3.8) is 0 Å². The Bertz CT molecular complexity index is 539. The van der Waals surface area contributed by atoms with Crippen molar-refractivity contribution >= 4 is 0 Å². The van der Waals surface area contributed by atoms with Gasteiger partial charge in [-0.25, -0.2) is 0 Å². The zero-order valence-corrected chi connectivity index (χ0v) is 12.0. The van der Waals surface area contributed by atoms with Gasteiger partial charge in [-0.2, -0.15) is 4.98 Å². The first kappa shape index (κ1) is 14.7. The van der Waals surface area contributed by atoms with Crippen LogP contribution in [0.1, 0.15) is 42.2 Å². The first-order valence-electron chi connectivity index (χ1n) is 6.90. The minimum Gasteiger partial charge on any atom is -0.379 e. The molecule has 2 rings (SSSR count). The van der Waals surface area contributed by atoms with Crippen molar-refractivity contribution in [2.45, 2.75) is 32.7 Å². The fourth-order valence-electron chi connectivity index (χ4n) is 1.92. The van der Waals surface area contributed by atoms with Crippen LogP contribution in [0.4, 0.5) is 0 Å². The van der Waals surface area contributed by atoms with Crippen LogP contribution in [-0.2, 0) is 11.2 Å². The summed E-state index contributed by atoms with van der Waals surface area (Å²) in [4.78, 5) is 4.33. The van der Waals surface area contributed by atoms with Crippen LogP contribution in [0.3, 0.4) is 0 Å². The van der Waals surface area contributed by atoms with E-state index in [1.165, 1.54) is 5.56 Å². The molecule has 0 aliphatic rings. The highest BCUT2D eigenvalue weighted by Gasteiger charge is 2.14. The Morgan fingerprint density at radius 2 is 2.25 bits per heavy atom. The largest absolute Gasteiger partial charge is 0.379 e. The monoisotopic (exact) mass is 275 g/mol. The molecule has 1 aromatic heterocycles. The molecule has 2 aromatic rings. The van der Waals surface area contributed by atoms with Crippen molar-refractivity contribution in [1.82, 2.24) is 10.1 Å². The SMILES string of the molecule is CCCOCC(N)c1noc(Cc2cccc(C)c2)n1. The first-order valence-corrected chi connectivity index (χ1v) is 6.90. The van der Waals surface area contributed by atoms with Gasteiger partial charge >= 0.3 is 0 Å². The maximum Gasteiger partial charge on any atom is 0.231 e. The molecule has 1 atom stereocenters. The summed E-state index contributed by atoms with van der Waals surface area (Å²) >= 11 is 0. The smallest absolute Gasteiger partial charge is 0.231 e. The van der Waals surface area contributed by atoms with Crippen LogP contribution >= 0.6 is 0 Å². The molecule has 2 N–H and O–H groups in total. The number of hydrogen-bond acceptors (Lipinski definition) is 5. The van der Waals surface area contributed by atoms with Crippen molar-refractivity contribution in [2.75, 3.05) is 13.2 Å². The number of rotatable bonds is 7. The van der Waals surface area contributed by atoms with E-state index in [0.29, 0.717) is 31.3 Å². The third-order valence-electron chi connectivity index (χ3n) is 2.90. The Hall–Kier alpha value is -1.72. The van der Waals surface area contributed by atoms with Gasteiger partial charge in [-0.15, -0.1) is 0 Å². The van der Waals surface area contributed by atoms with E-state index in [2.05, 4.69) is 36.1 Å². The Kier molecular flexibility index (Phi) is 5.26. The van der Waals surface area contributed by atoms with E-state index < -0.39 is 0 Å². The number of aryl methyl sites for hydroxylation is 1. The molecule has 0 fully saturated rings. The van der Waals surface area contributed by atoms with E-state index in [1.807, 2.05) is 12.1 Å². The van der Waals surface area contributed by atoms with Crippen LogP contribution in [0.25, 0.3) is 0 Å². The van der Waals surface area contributed by atoms with Crippen LogP contribution in [-0.4, -0.2) is 23.4 Å². The fraction of sp³-hybridized carbons (Fsp3) is 0.467.